The maximum atomic E-state index is 11.6. The maximum absolute atomic E-state index is 11.6. The number of ether oxygens (including phenoxy) is 1. The number of carbonyl (C=O) groups excluding carboxylic acids is 1. The number of hydrazine groups is 1. The van der Waals surface area contributed by atoms with E-state index in [2.05, 4.69) is 36.2 Å². The molecule has 10 nitrogen and oxygen atoms in total. The predicted octanol–water partition coefficient (Wildman–Crippen LogP) is -1.19. The fraction of sp³-hybridized carbons (Fsp3) is 0.400. The Bertz CT molecular complexity index is 584. The molecular formula is C10H16N8O2. The van der Waals surface area contributed by atoms with E-state index in [1.165, 1.54) is 0 Å². The second kappa shape index (κ2) is 6.63. The normalized spacial score (nSPS) is 10.5. The standard InChI is InChI=1S/C10H16N8O2/c1-20-3-2-12-7(19)5-13-8-6-4-14-18-9(6)16-10(15-8)17-11/h4H,2-3,5,11H2,1H3,(H,12,19)(H3,13,14,15,16,17,18). The largest absolute Gasteiger partial charge is 0.383 e. The van der Waals surface area contributed by atoms with Gasteiger partial charge in [-0.2, -0.15) is 15.1 Å². The topological polar surface area (TPSA) is 143 Å². The Morgan fingerprint density at radius 2 is 2.35 bits per heavy atom. The van der Waals surface area contributed by atoms with Gasteiger partial charge in [-0.3, -0.25) is 15.3 Å². The number of anilines is 2. The third-order valence-corrected chi connectivity index (χ3v) is 2.48. The number of amides is 1. The molecule has 2 aromatic heterocycles. The summed E-state index contributed by atoms with van der Waals surface area (Å²) in [5.74, 6) is 5.82. The van der Waals surface area contributed by atoms with Gasteiger partial charge in [-0.15, -0.1) is 0 Å². The highest BCUT2D eigenvalue weighted by Crippen LogP contribution is 2.18. The van der Waals surface area contributed by atoms with Crippen LogP contribution in [0.5, 0.6) is 0 Å². The lowest BCUT2D eigenvalue weighted by Crippen LogP contribution is -2.32. The zero-order valence-electron chi connectivity index (χ0n) is 10.9. The lowest BCUT2D eigenvalue weighted by Gasteiger charge is -2.08. The second-order valence-corrected chi connectivity index (χ2v) is 3.87. The van der Waals surface area contributed by atoms with Crippen LogP contribution in [0.3, 0.4) is 0 Å². The molecule has 2 heterocycles. The van der Waals surface area contributed by atoms with E-state index in [4.69, 9.17) is 10.6 Å². The number of rotatable bonds is 7. The number of fused-ring (bicyclic) bond motifs is 1. The molecule has 0 aromatic carbocycles. The molecule has 0 bridgehead atoms. The summed E-state index contributed by atoms with van der Waals surface area (Å²) in [5.41, 5.74) is 2.88. The maximum Gasteiger partial charge on any atom is 0.241 e. The molecule has 108 valence electrons. The Kier molecular flexibility index (Phi) is 4.63. The van der Waals surface area contributed by atoms with Crippen LogP contribution in [0, 0.1) is 0 Å². The summed E-state index contributed by atoms with van der Waals surface area (Å²) in [4.78, 5) is 19.8. The van der Waals surface area contributed by atoms with E-state index in [1.54, 1.807) is 13.3 Å². The number of hydrogen-bond donors (Lipinski definition) is 5. The first-order valence-electron chi connectivity index (χ1n) is 5.92. The van der Waals surface area contributed by atoms with Crippen LogP contribution in [0.15, 0.2) is 6.20 Å². The van der Waals surface area contributed by atoms with Gasteiger partial charge in [0.2, 0.25) is 11.9 Å². The summed E-state index contributed by atoms with van der Waals surface area (Å²) in [6, 6.07) is 0. The van der Waals surface area contributed by atoms with Crippen molar-refractivity contribution in [1.29, 1.82) is 0 Å². The molecule has 20 heavy (non-hydrogen) atoms. The van der Waals surface area contributed by atoms with E-state index < -0.39 is 0 Å². The molecule has 0 aliphatic heterocycles. The van der Waals surface area contributed by atoms with Crippen molar-refractivity contribution in [2.45, 2.75) is 0 Å². The number of nitrogens with one attached hydrogen (secondary N) is 4. The quantitative estimate of drug-likeness (QED) is 0.242. The van der Waals surface area contributed by atoms with Gasteiger partial charge in [0.25, 0.3) is 0 Å². The number of nitrogens with zero attached hydrogens (tertiary/aromatic N) is 3. The Labute approximate surface area is 114 Å². The highest BCUT2D eigenvalue weighted by Gasteiger charge is 2.10. The van der Waals surface area contributed by atoms with Crippen molar-refractivity contribution in [2.75, 3.05) is 37.5 Å². The lowest BCUT2D eigenvalue weighted by molar-refractivity contribution is -0.119. The fourth-order valence-corrected chi connectivity index (χ4v) is 1.55. The Hall–Kier alpha value is -2.46. The van der Waals surface area contributed by atoms with Crippen molar-refractivity contribution in [3.05, 3.63) is 6.20 Å². The summed E-state index contributed by atoms with van der Waals surface area (Å²) >= 11 is 0. The molecule has 0 aliphatic carbocycles. The molecule has 2 rings (SSSR count). The third kappa shape index (κ3) is 3.30. The van der Waals surface area contributed by atoms with Crippen LogP contribution >= 0.6 is 0 Å². The second-order valence-electron chi connectivity index (χ2n) is 3.87. The first kappa shape index (κ1) is 14.0. The van der Waals surface area contributed by atoms with E-state index >= 15 is 0 Å². The van der Waals surface area contributed by atoms with Crippen molar-refractivity contribution in [3.8, 4) is 0 Å². The number of aromatic nitrogens is 4. The summed E-state index contributed by atoms with van der Waals surface area (Å²) in [6.45, 7) is 0.995. The summed E-state index contributed by atoms with van der Waals surface area (Å²) in [7, 11) is 1.57. The number of hydrogen-bond acceptors (Lipinski definition) is 8. The van der Waals surface area contributed by atoms with Crippen molar-refractivity contribution >= 4 is 28.7 Å². The molecule has 2 aromatic rings. The SMILES string of the molecule is COCCNC(=O)CNc1nc(NN)nc2[nH]ncc12. The average Bonchev–Trinajstić information content (AvgIpc) is 2.93. The summed E-state index contributed by atoms with van der Waals surface area (Å²) < 4.78 is 4.84. The van der Waals surface area contributed by atoms with Crippen LogP contribution in [0.2, 0.25) is 0 Å². The van der Waals surface area contributed by atoms with Gasteiger partial charge in [-0.25, -0.2) is 5.84 Å². The average molecular weight is 280 g/mol. The lowest BCUT2D eigenvalue weighted by atomic mass is 10.4. The van der Waals surface area contributed by atoms with Crippen LogP contribution in [-0.2, 0) is 9.53 Å². The van der Waals surface area contributed by atoms with Gasteiger partial charge in [0, 0.05) is 13.7 Å². The Morgan fingerprint density at radius 1 is 1.50 bits per heavy atom. The summed E-state index contributed by atoms with van der Waals surface area (Å²) in [6.07, 6.45) is 1.57. The van der Waals surface area contributed by atoms with Gasteiger partial charge in [-0.05, 0) is 0 Å². The number of aromatic amines is 1. The predicted molar refractivity (Wildman–Crippen MR) is 72.9 cm³/mol. The fourth-order valence-electron chi connectivity index (χ4n) is 1.55. The van der Waals surface area contributed by atoms with Crippen LogP contribution in [0.25, 0.3) is 11.0 Å². The minimum Gasteiger partial charge on any atom is -0.383 e. The van der Waals surface area contributed by atoms with Gasteiger partial charge in [0.1, 0.15) is 5.82 Å². The minimum absolute atomic E-state index is 0.0744. The zero-order valence-corrected chi connectivity index (χ0v) is 10.9. The molecule has 0 fully saturated rings. The molecule has 0 aliphatic rings. The highest BCUT2D eigenvalue weighted by atomic mass is 16.5. The van der Waals surface area contributed by atoms with E-state index in [9.17, 15) is 4.79 Å². The van der Waals surface area contributed by atoms with Crippen molar-refractivity contribution < 1.29 is 9.53 Å². The van der Waals surface area contributed by atoms with Gasteiger partial charge >= 0.3 is 0 Å². The number of methoxy groups -OCH3 is 1. The van der Waals surface area contributed by atoms with Crippen molar-refractivity contribution in [2.24, 2.45) is 5.84 Å². The number of nitrogens with two attached hydrogens (primary N) is 1. The van der Waals surface area contributed by atoms with Gasteiger partial charge in [0.05, 0.1) is 24.7 Å². The first-order valence-corrected chi connectivity index (χ1v) is 5.92. The van der Waals surface area contributed by atoms with E-state index in [1.807, 2.05) is 0 Å². The Morgan fingerprint density at radius 3 is 3.10 bits per heavy atom. The third-order valence-electron chi connectivity index (χ3n) is 2.48. The van der Waals surface area contributed by atoms with Gasteiger partial charge in [0.15, 0.2) is 5.65 Å². The van der Waals surface area contributed by atoms with Gasteiger partial charge in [-0.1, -0.05) is 0 Å². The highest BCUT2D eigenvalue weighted by molar-refractivity contribution is 5.89. The molecule has 0 atom stereocenters. The molecule has 1 amide bonds. The van der Waals surface area contributed by atoms with E-state index in [-0.39, 0.29) is 18.4 Å². The molecule has 0 unspecified atom stereocenters. The van der Waals surface area contributed by atoms with E-state index in [0.717, 1.165) is 0 Å². The van der Waals surface area contributed by atoms with Crippen LogP contribution < -0.4 is 21.9 Å². The molecule has 0 saturated carbocycles. The monoisotopic (exact) mass is 280 g/mol. The number of nitrogen functional groups attached to an aromatic ring is 1. The molecular weight excluding hydrogens is 264 g/mol. The number of carbonyl (C=O) groups is 1. The van der Waals surface area contributed by atoms with Crippen LogP contribution in [-0.4, -0.2) is 52.9 Å². The molecule has 0 saturated heterocycles. The molecule has 0 spiro atoms. The van der Waals surface area contributed by atoms with Crippen LogP contribution in [0.4, 0.5) is 11.8 Å². The van der Waals surface area contributed by atoms with Crippen LogP contribution in [0.1, 0.15) is 0 Å². The smallest absolute Gasteiger partial charge is 0.241 e. The molecule has 10 heteroatoms. The summed E-state index contributed by atoms with van der Waals surface area (Å²) in [5, 5.41) is 12.9. The minimum atomic E-state index is -0.167. The molecule has 0 radical (unpaired) electrons. The zero-order chi connectivity index (χ0) is 14.4. The number of H-pyrrole nitrogens is 1. The Balaban J connectivity index is 2.01. The van der Waals surface area contributed by atoms with Crippen molar-refractivity contribution in [3.63, 3.8) is 0 Å². The van der Waals surface area contributed by atoms with Crippen molar-refractivity contribution in [1.82, 2.24) is 25.5 Å². The first-order chi connectivity index (χ1) is 9.74. The van der Waals surface area contributed by atoms with Gasteiger partial charge < -0.3 is 15.4 Å². The molecule has 6 N–H and O–H groups in total. The van der Waals surface area contributed by atoms with E-state index in [0.29, 0.717) is 30.0 Å².